The molecule has 10 atom stereocenters. The maximum absolute atomic E-state index is 13.9. The summed E-state index contributed by atoms with van der Waals surface area (Å²) in [6.45, 7) is -0.0200. The molecule has 68 heavy (non-hydrogen) atoms. The highest BCUT2D eigenvalue weighted by atomic mass is 16.7. The highest BCUT2D eigenvalue weighted by molar-refractivity contribution is 5.91. The van der Waals surface area contributed by atoms with Crippen molar-refractivity contribution in [1.82, 2.24) is 0 Å². The average molecular weight is 925 g/mol. The van der Waals surface area contributed by atoms with Crippen LogP contribution in [0.2, 0.25) is 0 Å². The van der Waals surface area contributed by atoms with Crippen LogP contribution in [0.25, 0.3) is 0 Å². The molecule has 0 bridgehead atoms. The quantitative estimate of drug-likeness (QED) is 0.0636. The molecular weight excluding hydrogens is 873 g/mol. The fourth-order valence-corrected chi connectivity index (χ4v) is 7.88. The molecule has 0 spiro atoms. The standard InChI is InChI=1S/C54H52O14/c55-44-47(62-33-38-23-11-3-12-24-38)45(61-32-37-21-9-2-10-22-37)42(34-60-31-36-19-7-1-8-20-36)65-54(44)63-35-43-46(66-50(56)39-25-13-4-14-26-39)48(67-51(57)40-27-15-5-16-28-40)49(53(59)64-43)68-52(58)41-29-17-6-18-30-41/h1-30,42-49,53-55,59H,31-35H2/t42-,43-,44-,45-,46-,47-,48+,49-,53+,54+/m1/s1. The van der Waals surface area contributed by atoms with Gasteiger partial charge in [-0.25, -0.2) is 14.4 Å². The first-order valence-electron chi connectivity index (χ1n) is 22.3. The van der Waals surface area contributed by atoms with Crippen LogP contribution in [0, 0.1) is 0 Å². The van der Waals surface area contributed by atoms with Gasteiger partial charge in [0.2, 0.25) is 0 Å². The Kier molecular flexibility index (Phi) is 16.8. The van der Waals surface area contributed by atoms with Gasteiger partial charge in [-0.05, 0) is 53.1 Å². The van der Waals surface area contributed by atoms with Crippen molar-refractivity contribution < 1.29 is 67.2 Å². The number of carbonyl (C=O) groups excluding carboxylic acids is 3. The summed E-state index contributed by atoms with van der Waals surface area (Å²) in [4.78, 5) is 41.2. The van der Waals surface area contributed by atoms with E-state index in [-0.39, 0.29) is 43.1 Å². The molecule has 0 unspecified atom stereocenters. The third kappa shape index (κ3) is 12.7. The van der Waals surface area contributed by atoms with E-state index in [0.717, 1.165) is 16.7 Å². The number of hydrogen-bond acceptors (Lipinski definition) is 14. The molecule has 6 aromatic rings. The molecule has 14 nitrogen and oxygen atoms in total. The van der Waals surface area contributed by atoms with Crippen LogP contribution in [0.4, 0.5) is 0 Å². The van der Waals surface area contributed by atoms with E-state index >= 15 is 0 Å². The Morgan fingerprint density at radius 3 is 1.25 bits per heavy atom. The number of esters is 3. The molecule has 2 aliphatic heterocycles. The molecule has 2 N–H and O–H groups in total. The van der Waals surface area contributed by atoms with Crippen molar-refractivity contribution in [3.8, 4) is 0 Å². The molecule has 0 saturated carbocycles. The summed E-state index contributed by atoms with van der Waals surface area (Å²) in [6, 6.07) is 52.7. The molecule has 2 heterocycles. The zero-order valence-electron chi connectivity index (χ0n) is 36.9. The van der Waals surface area contributed by atoms with Crippen LogP contribution in [-0.4, -0.2) is 103 Å². The first-order valence-corrected chi connectivity index (χ1v) is 22.3. The van der Waals surface area contributed by atoms with Crippen LogP contribution in [-0.2, 0) is 62.5 Å². The van der Waals surface area contributed by atoms with E-state index in [9.17, 15) is 24.6 Å². The van der Waals surface area contributed by atoms with Gasteiger partial charge in [-0.1, -0.05) is 146 Å². The molecule has 2 saturated heterocycles. The van der Waals surface area contributed by atoms with Gasteiger partial charge in [-0.3, -0.25) is 0 Å². The molecule has 0 aliphatic carbocycles. The lowest BCUT2D eigenvalue weighted by atomic mass is 9.97. The Balaban J connectivity index is 1.09. The SMILES string of the molecule is O=C(O[C@@H]1[C@@H](OC(=O)c2ccccc2)[C@@H](O)O[C@H](CO[C@H]2O[C@H](COCc3ccccc3)[C@@H](OCc3ccccc3)[C@H](OCc3ccccc3)[C@H]2O)[C@H]1OC(=O)c1ccccc1)c1ccccc1. The Labute approximate surface area is 393 Å². The lowest BCUT2D eigenvalue weighted by Gasteiger charge is -2.46. The van der Waals surface area contributed by atoms with Gasteiger partial charge in [0.25, 0.3) is 0 Å². The van der Waals surface area contributed by atoms with Crippen molar-refractivity contribution >= 4 is 17.9 Å². The van der Waals surface area contributed by atoms with Gasteiger partial charge in [0.05, 0.1) is 49.7 Å². The summed E-state index contributed by atoms with van der Waals surface area (Å²) in [5.41, 5.74) is 3.06. The average Bonchev–Trinajstić information content (AvgIpc) is 3.38. The second kappa shape index (κ2) is 23.9. The van der Waals surface area contributed by atoms with E-state index in [4.69, 9.17) is 42.6 Å². The predicted molar refractivity (Wildman–Crippen MR) is 245 cm³/mol. The van der Waals surface area contributed by atoms with E-state index in [1.165, 1.54) is 36.4 Å². The van der Waals surface area contributed by atoms with Crippen LogP contribution in [0.3, 0.4) is 0 Å². The Hall–Kier alpha value is -6.59. The fourth-order valence-electron chi connectivity index (χ4n) is 7.88. The maximum Gasteiger partial charge on any atom is 0.338 e. The number of carbonyl (C=O) groups is 3. The first kappa shape index (κ1) is 47.9. The predicted octanol–water partition coefficient (Wildman–Crippen LogP) is 6.87. The van der Waals surface area contributed by atoms with Crippen molar-refractivity contribution in [1.29, 1.82) is 0 Å². The van der Waals surface area contributed by atoms with E-state index in [0.29, 0.717) is 0 Å². The van der Waals surface area contributed by atoms with Gasteiger partial charge in [0, 0.05) is 0 Å². The number of benzene rings is 6. The minimum atomic E-state index is -1.94. The normalized spacial score (nSPS) is 24.6. The van der Waals surface area contributed by atoms with Gasteiger partial charge in [0.15, 0.2) is 30.9 Å². The van der Waals surface area contributed by atoms with Crippen molar-refractivity contribution in [2.45, 2.75) is 81.2 Å². The van der Waals surface area contributed by atoms with Gasteiger partial charge in [-0.2, -0.15) is 0 Å². The highest BCUT2D eigenvalue weighted by Crippen LogP contribution is 2.33. The molecule has 0 amide bonds. The molecule has 0 radical (unpaired) electrons. The summed E-state index contributed by atoms with van der Waals surface area (Å²) < 4.78 is 56.1. The maximum atomic E-state index is 13.9. The number of ether oxygens (including phenoxy) is 9. The lowest BCUT2D eigenvalue weighted by molar-refractivity contribution is -0.335. The molecule has 8 rings (SSSR count). The third-order valence-electron chi connectivity index (χ3n) is 11.4. The molecule has 2 fully saturated rings. The summed E-state index contributed by atoms with van der Waals surface area (Å²) in [5.74, 6) is -2.58. The van der Waals surface area contributed by atoms with Crippen molar-refractivity contribution in [3.63, 3.8) is 0 Å². The van der Waals surface area contributed by atoms with Crippen molar-refractivity contribution in [2.24, 2.45) is 0 Å². The van der Waals surface area contributed by atoms with Crippen LogP contribution in [0.1, 0.15) is 47.8 Å². The molecule has 6 aromatic carbocycles. The minimum Gasteiger partial charge on any atom is -0.452 e. The summed E-state index contributed by atoms with van der Waals surface area (Å²) in [5, 5.41) is 23.9. The zero-order chi connectivity index (χ0) is 47.1. The highest BCUT2D eigenvalue weighted by Gasteiger charge is 2.54. The van der Waals surface area contributed by atoms with Crippen molar-refractivity contribution in [2.75, 3.05) is 13.2 Å². The van der Waals surface area contributed by atoms with E-state index in [2.05, 4.69) is 0 Å². The molecule has 0 aromatic heterocycles. The van der Waals surface area contributed by atoms with E-state index < -0.39 is 85.9 Å². The Morgan fingerprint density at radius 2 is 0.779 bits per heavy atom. The number of hydrogen-bond donors (Lipinski definition) is 2. The first-order chi connectivity index (χ1) is 33.3. The Bertz CT molecular complexity index is 2470. The number of aliphatic hydroxyl groups excluding tert-OH is 2. The van der Waals surface area contributed by atoms with Gasteiger partial charge in [-0.15, -0.1) is 0 Å². The smallest absolute Gasteiger partial charge is 0.338 e. The van der Waals surface area contributed by atoms with E-state index in [1.807, 2.05) is 91.0 Å². The van der Waals surface area contributed by atoms with Crippen LogP contribution in [0.5, 0.6) is 0 Å². The van der Waals surface area contributed by atoms with Crippen LogP contribution >= 0.6 is 0 Å². The Morgan fingerprint density at radius 1 is 0.397 bits per heavy atom. The van der Waals surface area contributed by atoms with E-state index in [1.54, 1.807) is 54.6 Å². The summed E-state index contributed by atoms with van der Waals surface area (Å²) >= 11 is 0. The minimum absolute atomic E-state index is 0.00590. The van der Waals surface area contributed by atoms with Crippen LogP contribution in [0.15, 0.2) is 182 Å². The third-order valence-corrected chi connectivity index (χ3v) is 11.4. The van der Waals surface area contributed by atoms with Gasteiger partial charge in [0.1, 0.15) is 30.5 Å². The molecule has 14 heteroatoms. The fraction of sp³-hybridized carbons (Fsp3) is 0.278. The number of aliphatic hydroxyl groups is 2. The summed E-state index contributed by atoms with van der Waals surface area (Å²) in [6.07, 6.45) is -14.0. The summed E-state index contributed by atoms with van der Waals surface area (Å²) in [7, 11) is 0. The van der Waals surface area contributed by atoms with Gasteiger partial charge >= 0.3 is 17.9 Å². The zero-order valence-corrected chi connectivity index (χ0v) is 36.9. The monoisotopic (exact) mass is 924 g/mol. The molecular formula is C54H52O14. The second-order valence-corrected chi connectivity index (χ2v) is 16.2. The van der Waals surface area contributed by atoms with Crippen molar-refractivity contribution in [3.05, 3.63) is 215 Å². The molecule has 352 valence electrons. The lowest BCUT2D eigenvalue weighted by Crippen LogP contribution is -2.64. The van der Waals surface area contributed by atoms with Crippen LogP contribution < -0.4 is 0 Å². The second-order valence-electron chi connectivity index (χ2n) is 16.2. The largest absolute Gasteiger partial charge is 0.452 e. The number of rotatable bonds is 19. The topological polar surface area (TPSA) is 175 Å². The van der Waals surface area contributed by atoms with Gasteiger partial charge < -0.3 is 52.8 Å². The molecule has 2 aliphatic rings.